The second kappa shape index (κ2) is 8.56. The summed E-state index contributed by atoms with van der Waals surface area (Å²) in [7, 11) is 1.38. The van der Waals surface area contributed by atoms with Crippen LogP contribution in [0.25, 0.3) is 0 Å². The predicted molar refractivity (Wildman–Crippen MR) is 101 cm³/mol. The average molecular weight is 438 g/mol. The Bertz CT molecular complexity index is 898. The van der Waals surface area contributed by atoms with Crippen molar-refractivity contribution < 1.29 is 14.3 Å². The molecule has 0 aliphatic carbocycles. The molecular weight excluding hydrogens is 424 g/mol. The fraction of sp³-hybridized carbons (Fsp3) is 0.118. The summed E-state index contributed by atoms with van der Waals surface area (Å²) in [4.78, 5) is 12.0. The van der Waals surface area contributed by atoms with E-state index in [1.807, 2.05) is 6.07 Å². The van der Waals surface area contributed by atoms with Crippen LogP contribution < -0.4 is 15.2 Å². The SMILES string of the molecule is CN(C(=N)COc1ccc(Br)c(Oc2cc(Cl)cc(C#N)c2)c1)C(N)=O. The summed E-state index contributed by atoms with van der Waals surface area (Å²) in [5.41, 5.74) is 5.48. The van der Waals surface area contributed by atoms with Crippen LogP contribution in [0.4, 0.5) is 4.79 Å². The highest BCUT2D eigenvalue weighted by Crippen LogP contribution is 2.34. The van der Waals surface area contributed by atoms with Gasteiger partial charge in [-0.15, -0.1) is 0 Å². The number of urea groups is 1. The summed E-state index contributed by atoms with van der Waals surface area (Å²) in [6.07, 6.45) is 0. The fourth-order valence-corrected chi connectivity index (χ4v) is 2.40. The van der Waals surface area contributed by atoms with Gasteiger partial charge in [0.05, 0.1) is 16.1 Å². The molecule has 0 radical (unpaired) electrons. The van der Waals surface area contributed by atoms with E-state index in [9.17, 15) is 4.79 Å². The number of carbonyl (C=O) groups is 1. The Morgan fingerprint density at radius 2 is 2.08 bits per heavy atom. The lowest BCUT2D eigenvalue weighted by molar-refractivity contribution is 0.233. The number of nitrogens with zero attached hydrogens (tertiary/aromatic N) is 2. The van der Waals surface area contributed by atoms with Crippen molar-refractivity contribution in [2.24, 2.45) is 5.73 Å². The van der Waals surface area contributed by atoms with Crippen molar-refractivity contribution in [1.82, 2.24) is 4.90 Å². The second-order valence-corrected chi connectivity index (χ2v) is 6.41. The Morgan fingerprint density at radius 1 is 1.35 bits per heavy atom. The maximum absolute atomic E-state index is 11.0. The minimum Gasteiger partial charge on any atom is -0.486 e. The van der Waals surface area contributed by atoms with Gasteiger partial charge >= 0.3 is 6.03 Å². The average Bonchev–Trinajstić information content (AvgIpc) is 2.60. The Morgan fingerprint density at radius 3 is 2.73 bits per heavy atom. The molecule has 7 nitrogen and oxygen atoms in total. The molecule has 0 atom stereocenters. The third kappa shape index (κ3) is 5.12. The number of amides is 2. The molecule has 0 unspecified atom stereocenters. The fourth-order valence-electron chi connectivity index (χ4n) is 1.85. The maximum Gasteiger partial charge on any atom is 0.320 e. The number of primary amides is 1. The van der Waals surface area contributed by atoms with Crippen LogP contribution in [0.5, 0.6) is 17.2 Å². The third-order valence-corrected chi connectivity index (χ3v) is 4.12. The highest BCUT2D eigenvalue weighted by Gasteiger charge is 2.12. The van der Waals surface area contributed by atoms with E-state index in [1.54, 1.807) is 30.3 Å². The molecule has 0 aromatic heterocycles. The van der Waals surface area contributed by atoms with Crippen LogP contribution in [0.15, 0.2) is 40.9 Å². The van der Waals surface area contributed by atoms with Gasteiger partial charge in [0.1, 0.15) is 29.7 Å². The van der Waals surface area contributed by atoms with Gasteiger partial charge in [-0.2, -0.15) is 5.26 Å². The lowest BCUT2D eigenvalue weighted by Crippen LogP contribution is -2.39. The van der Waals surface area contributed by atoms with Gasteiger partial charge in [-0.3, -0.25) is 10.3 Å². The number of nitrogens with one attached hydrogen (secondary N) is 1. The van der Waals surface area contributed by atoms with Gasteiger partial charge in [0.15, 0.2) is 0 Å². The number of halogens is 2. The largest absolute Gasteiger partial charge is 0.486 e. The lowest BCUT2D eigenvalue weighted by Gasteiger charge is -2.16. The molecule has 0 saturated heterocycles. The van der Waals surface area contributed by atoms with Crippen molar-refractivity contribution in [1.29, 1.82) is 10.7 Å². The number of hydrogen-bond donors (Lipinski definition) is 2. The number of hydrogen-bond acceptors (Lipinski definition) is 5. The predicted octanol–water partition coefficient (Wildman–Crippen LogP) is 4.13. The number of benzene rings is 2. The van der Waals surface area contributed by atoms with Crippen LogP contribution in [-0.2, 0) is 0 Å². The quantitative estimate of drug-likeness (QED) is 0.541. The van der Waals surface area contributed by atoms with Crippen LogP contribution in [0.3, 0.4) is 0 Å². The standard InChI is InChI=1S/C17H14BrClN4O3/c1-23(17(22)24)16(21)9-25-12-2-3-14(18)15(7-12)26-13-5-10(8-20)4-11(19)6-13/h2-7,21H,9H2,1H3,(H2,22,24). The zero-order chi connectivity index (χ0) is 19.3. The van der Waals surface area contributed by atoms with Gasteiger partial charge < -0.3 is 15.2 Å². The number of ether oxygens (including phenoxy) is 2. The van der Waals surface area contributed by atoms with Crippen molar-refractivity contribution in [2.75, 3.05) is 13.7 Å². The van der Waals surface area contributed by atoms with Gasteiger partial charge in [0, 0.05) is 18.1 Å². The molecule has 26 heavy (non-hydrogen) atoms. The van der Waals surface area contributed by atoms with E-state index in [0.29, 0.717) is 32.3 Å². The zero-order valence-electron chi connectivity index (χ0n) is 13.6. The monoisotopic (exact) mass is 436 g/mol. The van der Waals surface area contributed by atoms with E-state index < -0.39 is 6.03 Å². The molecule has 2 aromatic rings. The normalized spacial score (nSPS) is 9.92. The van der Waals surface area contributed by atoms with Gasteiger partial charge in [0.2, 0.25) is 0 Å². The molecule has 0 heterocycles. The summed E-state index contributed by atoms with van der Waals surface area (Å²) in [5, 5.41) is 17.1. The second-order valence-electron chi connectivity index (χ2n) is 5.11. The van der Waals surface area contributed by atoms with E-state index in [4.69, 9.17) is 37.5 Å². The van der Waals surface area contributed by atoms with E-state index in [1.165, 1.54) is 13.1 Å². The first-order chi connectivity index (χ1) is 12.3. The zero-order valence-corrected chi connectivity index (χ0v) is 16.0. The Labute approximate surface area is 163 Å². The number of rotatable bonds is 5. The molecule has 2 aromatic carbocycles. The van der Waals surface area contributed by atoms with Gasteiger partial charge in [-0.1, -0.05) is 11.6 Å². The number of carbonyl (C=O) groups excluding carboxylic acids is 1. The minimum atomic E-state index is -0.743. The Balaban J connectivity index is 2.15. The number of nitrogens with two attached hydrogens (primary N) is 1. The van der Waals surface area contributed by atoms with E-state index in [2.05, 4.69) is 15.9 Å². The molecule has 3 N–H and O–H groups in total. The molecule has 0 saturated carbocycles. The van der Waals surface area contributed by atoms with E-state index >= 15 is 0 Å². The summed E-state index contributed by atoms with van der Waals surface area (Å²) < 4.78 is 11.9. The van der Waals surface area contributed by atoms with Crippen LogP contribution in [-0.4, -0.2) is 30.4 Å². The molecule has 9 heteroatoms. The van der Waals surface area contributed by atoms with Gasteiger partial charge in [-0.25, -0.2) is 4.79 Å². The summed E-state index contributed by atoms with van der Waals surface area (Å²) in [5.74, 6) is 1.17. The highest BCUT2D eigenvalue weighted by atomic mass is 79.9. The molecule has 134 valence electrons. The van der Waals surface area contributed by atoms with Crippen molar-refractivity contribution in [3.8, 4) is 23.3 Å². The minimum absolute atomic E-state index is 0.0867. The Kier molecular flexibility index (Phi) is 6.44. The number of nitriles is 1. The van der Waals surface area contributed by atoms with Gasteiger partial charge in [-0.05, 0) is 46.3 Å². The number of likely N-dealkylation sites (N-methyl/N-ethyl adjacent to an activating group) is 1. The van der Waals surface area contributed by atoms with Crippen molar-refractivity contribution >= 4 is 39.4 Å². The molecule has 2 rings (SSSR count). The lowest BCUT2D eigenvalue weighted by atomic mass is 10.2. The molecular formula is C17H14BrClN4O3. The van der Waals surface area contributed by atoms with Crippen molar-refractivity contribution in [3.05, 3.63) is 51.5 Å². The van der Waals surface area contributed by atoms with Crippen LogP contribution >= 0.6 is 27.5 Å². The summed E-state index contributed by atoms with van der Waals surface area (Å²) >= 11 is 9.35. The molecule has 2 amide bonds. The number of amidine groups is 1. The molecule has 0 aliphatic rings. The van der Waals surface area contributed by atoms with Crippen molar-refractivity contribution in [3.63, 3.8) is 0 Å². The molecule has 0 fully saturated rings. The smallest absolute Gasteiger partial charge is 0.320 e. The maximum atomic E-state index is 11.0. The molecule has 0 spiro atoms. The van der Waals surface area contributed by atoms with Crippen LogP contribution in [0, 0.1) is 16.7 Å². The molecule has 0 bridgehead atoms. The first-order valence-electron chi connectivity index (χ1n) is 7.21. The first-order valence-corrected chi connectivity index (χ1v) is 8.38. The first kappa shape index (κ1) is 19.6. The van der Waals surface area contributed by atoms with E-state index in [0.717, 1.165) is 4.90 Å². The summed E-state index contributed by atoms with van der Waals surface area (Å²) in [6.45, 7) is -0.143. The van der Waals surface area contributed by atoms with Crippen LogP contribution in [0.2, 0.25) is 5.02 Å². The topological polar surface area (TPSA) is 112 Å². The van der Waals surface area contributed by atoms with Crippen molar-refractivity contribution in [2.45, 2.75) is 0 Å². The highest BCUT2D eigenvalue weighted by molar-refractivity contribution is 9.10. The Hall–Kier alpha value is -2.76. The van der Waals surface area contributed by atoms with Crippen LogP contribution in [0.1, 0.15) is 5.56 Å². The van der Waals surface area contributed by atoms with Gasteiger partial charge in [0.25, 0.3) is 0 Å². The third-order valence-electron chi connectivity index (χ3n) is 3.24. The molecule has 0 aliphatic heterocycles. The van der Waals surface area contributed by atoms with E-state index in [-0.39, 0.29) is 12.4 Å². The summed E-state index contributed by atoms with van der Waals surface area (Å²) in [6, 6.07) is 10.9.